The van der Waals surface area contributed by atoms with Crippen LogP contribution in [-0.2, 0) is 22.6 Å². The second kappa shape index (κ2) is 8.18. The number of fused-ring (bicyclic) bond motifs is 1. The number of hydrogen-bond donors (Lipinski definition) is 1. The van der Waals surface area contributed by atoms with Crippen LogP contribution in [0.3, 0.4) is 0 Å². The molecule has 26 heavy (non-hydrogen) atoms. The fourth-order valence-corrected chi connectivity index (χ4v) is 3.73. The zero-order chi connectivity index (χ0) is 18.7. The number of methoxy groups -OCH3 is 1. The van der Waals surface area contributed by atoms with Gasteiger partial charge in [-0.25, -0.2) is 9.78 Å². The third-order valence-electron chi connectivity index (χ3n) is 4.97. The Morgan fingerprint density at radius 2 is 1.88 bits per heavy atom. The van der Waals surface area contributed by atoms with Gasteiger partial charge in [0.15, 0.2) is 5.65 Å². The van der Waals surface area contributed by atoms with Gasteiger partial charge >= 0.3 is 5.69 Å². The van der Waals surface area contributed by atoms with Gasteiger partial charge in [-0.15, -0.1) is 0 Å². The Bertz CT molecular complexity index is 866. The van der Waals surface area contributed by atoms with Gasteiger partial charge in [0.2, 0.25) is 0 Å². The lowest BCUT2D eigenvalue weighted by Gasteiger charge is -2.10. The summed E-state index contributed by atoms with van der Waals surface area (Å²) in [6.45, 7) is 5.22. The Morgan fingerprint density at radius 3 is 2.58 bits per heavy atom. The molecule has 2 atom stereocenters. The van der Waals surface area contributed by atoms with E-state index in [4.69, 9.17) is 9.47 Å². The van der Waals surface area contributed by atoms with E-state index in [-0.39, 0.29) is 30.1 Å². The molecule has 0 spiro atoms. The summed E-state index contributed by atoms with van der Waals surface area (Å²) in [5.74, 6) is 0.979. The van der Waals surface area contributed by atoms with Crippen molar-refractivity contribution in [1.29, 1.82) is 0 Å². The number of imidazole rings is 1. The van der Waals surface area contributed by atoms with E-state index in [1.165, 1.54) is 4.57 Å². The number of aromatic amines is 1. The zero-order valence-electron chi connectivity index (χ0n) is 15.8. The van der Waals surface area contributed by atoms with E-state index in [0.717, 1.165) is 37.9 Å². The molecular formula is C18H28N4O4. The summed E-state index contributed by atoms with van der Waals surface area (Å²) in [5.41, 5.74) is 0.369. The summed E-state index contributed by atoms with van der Waals surface area (Å²) >= 11 is 0. The molecule has 2 aromatic heterocycles. The van der Waals surface area contributed by atoms with Crippen LogP contribution in [0.2, 0.25) is 0 Å². The van der Waals surface area contributed by atoms with Gasteiger partial charge in [0.25, 0.3) is 5.56 Å². The largest absolute Gasteiger partial charge is 0.359 e. The molecule has 1 fully saturated rings. The van der Waals surface area contributed by atoms with E-state index in [2.05, 4.69) is 9.97 Å². The zero-order valence-corrected chi connectivity index (χ0v) is 15.8. The molecule has 2 heterocycles. The van der Waals surface area contributed by atoms with Crippen LogP contribution in [-0.4, -0.2) is 39.1 Å². The topological polar surface area (TPSA) is 91.1 Å². The van der Waals surface area contributed by atoms with Gasteiger partial charge in [-0.05, 0) is 32.1 Å². The van der Waals surface area contributed by atoms with Crippen molar-refractivity contribution < 1.29 is 9.47 Å². The molecule has 0 aliphatic heterocycles. The highest BCUT2D eigenvalue weighted by molar-refractivity contribution is 5.70. The molecule has 0 amide bonds. The van der Waals surface area contributed by atoms with Crippen molar-refractivity contribution in [3.63, 3.8) is 0 Å². The Balaban J connectivity index is 2.00. The molecule has 0 unspecified atom stereocenters. The predicted molar refractivity (Wildman–Crippen MR) is 98.5 cm³/mol. The van der Waals surface area contributed by atoms with Crippen LogP contribution in [0.15, 0.2) is 9.59 Å². The molecule has 0 radical (unpaired) electrons. The maximum atomic E-state index is 12.8. The van der Waals surface area contributed by atoms with E-state index >= 15 is 0 Å². The first-order chi connectivity index (χ1) is 12.6. The monoisotopic (exact) mass is 364 g/mol. The minimum atomic E-state index is -0.275. The number of ether oxygens (including phenoxy) is 2. The second-order valence-electron chi connectivity index (χ2n) is 6.92. The maximum absolute atomic E-state index is 12.8. The Hall–Kier alpha value is -1.93. The van der Waals surface area contributed by atoms with Crippen molar-refractivity contribution in [2.75, 3.05) is 13.9 Å². The van der Waals surface area contributed by atoms with Gasteiger partial charge in [-0.1, -0.05) is 13.8 Å². The van der Waals surface area contributed by atoms with Crippen molar-refractivity contribution in [2.45, 2.75) is 71.1 Å². The summed E-state index contributed by atoms with van der Waals surface area (Å²) in [4.78, 5) is 33.4. The molecule has 0 bridgehead atoms. The van der Waals surface area contributed by atoms with Gasteiger partial charge in [0, 0.05) is 26.1 Å². The number of aromatic nitrogens is 4. The van der Waals surface area contributed by atoms with Crippen LogP contribution < -0.4 is 11.2 Å². The summed E-state index contributed by atoms with van der Waals surface area (Å²) in [6.07, 6.45) is 4.39. The summed E-state index contributed by atoms with van der Waals surface area (Å²) in [7, 11) is 1.61. The lowest BCUT2D eigenvalue weighted by Crippen LogP contribution is -2.40. The highest BCUT2D eigenvalue weighted by atomic mass is 16.7. The van der Waals surface area contributed by atoms with Gasteiger partial charge in [-0.3, -0.25) is 13.9 Å². The fraction of sp³-hybridized carbons (Fsp3) is 0.722. The summed E-state index contributed by atoms with van der Waals surface area (Å²) in [5, 5.41) is 0. The van der Waals surface area contributed by atoms with E-state index in [1.54, 1.807) is 11.7 Å². The molecule has 8 heteroatoms. The minimum absolute atomic E-state index is 0.141. The first-order valence-corrected chi connectivity index (χ1v) is 9.44. The highest BCUT2D eigenvalue weighted by Gasteiger charge is 2.29. The average Bonchev–Trinajstić information content (AvgIpc) is 3.27. The lowest BCUT2D eigenvalue weighted by atomic mass is 10.1. The summed E-state index contributed by atoms with van der Waals surface area (Å²) in [6, 6.07) is 0. The van der Waals surface area contributed by atoms with Crippen LogP contribution >= 0.6 is 0 Å². The third-order valence-corrected chi connectivity index (χ3v) is 4.97. The standard InChI is InChI=1S/C18H28N4O4/c1-4-8-21-16-14(17(23)22(9-5-2)18(21)24)19-15(20-16)12-6-7-13(10-12)26-11-25-3/h12-13H,4-11H2,1-3H3,(H,19,20)/t12-,13-/m0/s1. The fourth-order valence-electron chi connectivity index (χ4n) is 3.73. The summed E-state index contributed by atoms with van der Waals surface area (Å²) < 4.78 is 13.6. The Kier molecular flexibility index (Phi) is 5.93. The van der Waals surface area contributed by atoms with Crippen LogP contribution in [0.25, 0.3) is 11.2 Å². The molecular weight excluding hydrogens is 336 g/mol. The van der Waals surface area contributed by atoms with Crippen molar-refractivity contribution >= 4 is 11.2 Å². The first kappa shape index (κ1) is 18.8. The Labute approximate surface area is 152 Å². The number of nitrogens with one attached hydrogen (secondary N) is 1. The van der Waals surface area contributed by atoms with Crippen molar-refractivity contribution in [3.05, 3.63) is 26.7 Å². The number of H-pyrrole nitrogens is 1. The Morgan fingerprint density at radius 1 is 1.15 bits per heavy atom. The highest BCUT2D eigenvalue weighted by Crippen LogP contribution is 2.35. The van der Waals surface area contributed by atoms with E-state index in [9.17, 15) is 9.59 Å². The molecule has 1 saturated carbocycles. The van der Waals surface area contributed by atoms with Crippen molar-refractivity contribution in [2.24, 2.45) is 0 Å². The molecule has 3 rings (SSSR count). The van der Waals surface area contributed by atoms with E-state index < -0.39 is 0 Å². The maximum Gasteiger partial charge on any atom is 0.332 e. The van der Waals surface area contributed by atoms with E-state index in [1.807, 2.05) is 13.8 Å². The van der Waals surface area contributed by atoms with Crippen LogP contribution in [0.5, 0.6) is 0 Å². The molecule has 1 N–H and O–H groups in total. The molecule has 1 aliphatic rings. The molecule has 1 aliphatic carbocycles. The van der Waals surface area contributed by atoms with Crippen LogP contribution in [0.4, 0.5) is 0 Å². The second-order valence-corrected chi connectivity index (χ2v) is 6.92. The molecule has 144 valence electrons. The smallest absolute Gasteiger partial charge is 0.332 e. The normalized spacial score (nSPS) is 20.3. The lowest BCUT2D eigenvalue weighted by molar-refractivity contribution is -0.0691. The van der Waals surface area contributed by atoms with Gasteiger partial charge in [0.05, 0.1) is 6.10 Å². The average molecular weight is 364 g/mol. The number of hydrogen-bond acceptors (Lipinski definition) is 5. The predicted octanol–water partition coefficient (Wildman–Crippen LogP) is 1.96. The van der Waals surface area contributed by atoms with Gasteiger partial charge < -0.3 is 14.5 Å². The minimum Gasteiger partial charge on any atom is -0.359 e. The number of nitrogens with zero attached hydrogens (tertiary/aromatic N) is 3. The third kappa shape index (κ3) is 3.48. The number of rotatable bonds is 8. The molecule has 2 aromatic rings. The van der Waals surface area contributed by atoms with Crippen molar-refractivity contribution in [3.8, 4) is 0 Å². The molecule has 0 saturated heterocycles. The van der Waals surface area contributed by atoms with E-state index in [0.29, 0.717) is 24.3 Å². The van der Waals surface area contributed by atoms with Crippen LogP contribution in [0.1, 0.15) is 57.7 Å². The first-order valence-electron chi connectivity index (χ1n) is 9.44. The SMILES string of the molecule is CCCn1c(=O)c2[nH]c([C@H]3CC[C@H](OCOC)C3)nc2n(CCC)c1=O. The van der Waals surface area contributed by atoms with Gasteiger partial charge in [0.1, 0.15) is 18.1 Å². The van der Waals surface area contributed by atoms with Gasteiger partial charge in [-0.2, -0.15) is 0 Å². The quantitative estimate of drug-likeness (QED) is 0.723. The van der Waals surface area contributed by atoms with Crippen molar-refractivity contribution in [1.82, 2.24) is 19.1 Å². The number of aryl methyl sites for hydroxylation is 1. The van der Waals surface area contributed by atoms with Crippen LogP contribution in [0, 0.1) is 0 Å². The molecule has 0 aromatic carbocycles. The molecule has 8 nitrogen and oxygen atoms in total.